The van der Waals surface area contributed by atoms with Crippen LogP contribution in [0.15, 0.2) is 0 Å². The molecule has 0 amide bonds. The van der Waals surface area contributed by atoms with Crippen LogP contribution >= 0.6 is 0 Å². The monoisotopic (exact) mass is 354 g/mol. The van der Waals surface area contributed by atoms with Crippen molar-refractivity contribution >= 4 is 0 Å². The van der Waals surface area contributed by atoms with Gasteiger partial charge in [0.1, 0.15) is 0 Å². The molecular weight excluding hydrogens is 347 g/mol. The first-order valence-corrected chi connectivity index (χ1v) is 1.98. The van der Waals surface area contributed by atoms with E-state index in [-0.39, 0.29) is 104 Å². The summed E-state index contributed by atoms with van der Waals surface area (Å²) in [7, 11) is 0. The molecule has 1 unspecified atom stereocenters. The second kappa shape index (κ2) is 11.2. The molecule has 2 nitrogen and oxygen atoms in total. The summed E-state index contributed by atoms with van der Waals surface area (Å²) in [4.78, 5) is 0. The second-order valence-electron chi connectivity index (χ2n) is 1.38. The van der Waals surface area contributed by atoms with Crippen molar-refractivity contribution in [1.29, 1.82) is 0 Å². The molecule has 0 spiro atoms. The number of ether oxygens (including phenoxy) is 2. The van der Waals surface area contributed by atoms with Gasteiger partial charge >= 0.3 is 0 Å². The molecule has 9 heavy (non-hydrogen) atoms. The van der Waals surface area contributed by atoms with Crippen molar-refractivity contribution in [1.82, 2.24) is 0 Å². The zero-order chi connectivity index (χ0) is 4.41. The van der Waals surface area contributed by atoms with Crippen LogP contribution < -0.4 is 0 Å². The maximum Gasteiger partial charge on any atom is 0.0431 e. The van der Waals surface area contributed by atoms with Gasteiger partial charge < -0.3 is 9.47 Å². The summed E-state index contributed by atoms with van der Waals surface area (Å²) in [5.41, 5.74) is 0. The molecule has 0 saturated carbocycles. The molecule has 3 radical (unpaired) electrons. The van der Waals surface area contributed by atoms with Gasteiger partial charge in [0, 0.05) is 111 Å². The average molecular weight is 354 g/mol. The van der Waals surface area contributed by atoms with Crippen LogP contribution in [0.5, 0.6) is 0 Å². The topological polar surface area (TPSA) is 18.5 Å². The maximum absolute atomic E-state index is 4.81. The molecule has 0 bridgehead atoms. The molecule has 5 heteroatoms. The van der Waals surface area contributed by atoms with Gasteiger partial charge in [-0.1, -0.05) is 6.79 Å². The van der Waals surface area contributed by atoms with Gasteiger partial charge in [-0.25, -0.2) is 0 Å². The molecule has 1 aliphatic rings. The molecule has 1 atom stereocenters. The van der Waals surface area contributed by atoms with E-state index in [1.807, 2.05) is 6.92 Å². The van der Waals surface area contributed by atoms with Crippen molar-refractivity contribution in [3.63, 3.8) is 0 Å². The standard InChI is InChI=1S/C4H7O2.3Y/c1-4-2-5-3-6-4;;;/h3-4H,2H2,1H3;;;/q-1;;;. The van der Waals surface area contributed by atoms with Gasteiger partial charge in [0.15, 0.2) is 0 Å². The summed E-state index contributed by atoms with van der Waals surface area (Å²) < 4.78 is 9.52. The van der Waals surface area contributed by atoms with Gasteiger partial charge in [0.25, 0.3) is 0 Å². The third-order valence-corrected chi connectivity index (χ3v) is 0.687. The van der Waals surface area contributed by atoms with Crippen LogP contribution in [-0.2, 0) is 108 Å². The maximum atomic E-state index is 4.81. The number of hydrogen-bond donors (Lipinski definition) is 0. The minimum absolute atomic E-state index is 0. The Hall–Kier alpha value is 3.23. The third-order valence-electron chi connectivity index (χ3n) is 0.687. The van der Waals surface area contributed by atoms with E-state index in [1.54, 1.807) is 0 Å². The normalized spacial score (nSPS) is 23.0. The van der Waals surface area contributed by atoms with Crippen molar-refractivity contribution in [2.75, 3.05) is 6.61 Å². The molecule has 1 saturated heterocycles. The minimum Gasteiger partial charge on any atom is -0.523 e. The van der Waals surface area contributed by atoms with Crippen LogP contribution in [0, 0.1) is 6.79 Å². The van der Waals surface area contributed by atoms with Crippen LogP contribution in [0.3, 0.4) is 0 Å². The third kappa shape index (κ3) is 9.14. The number of rotatable bonds is 0. The number of hydrogen-bond acceptors (Lipinski definition) is 2. The summed E-state index contributed by atoms with van der Waals surface area (Å²) in [5, 5.41) is 0. The van der Waals surface area contributed by atoms with E-state index in [0.29, 0.717) is 6.61 Å². The van der Waals surface area contributed by atoms with E-state index < -0.39 is 0 Å². The average Bonchev–Trinajstić information content (AvgIpc) is 1.86. The summed E-state index contributed by atoms with van der Waals surface area (Å²) in [6.07, 6.45) is 0.269. The largest absolute Gasteiger partial charge is 0.523 e. The Morgan fingerprint density at radius 3 is 2.00 bits per heavy atom. The zero-order valence-electron chi connectivity index (χ0n) is 5.41. The van der Waals surface area contributed by atoms with Crippen molar-refractivity contribution in [2.24, 2.45) is 0 Å². The molecule has 0 aromatic carbocycles. The smallest absolute Gasteiger partial charge is 0.0431 e. The molecule has 1 aliphatic heterocycles. The van der Waals surface area contributed by atoms with Gasteiger partial charge in [-0.2, -0.15) is 0 Å². The van der Waals surface area contributed by atoms with Gasteiger partial charge in [0.2, 0.25) is 0 Å². The van der Waals surface area contributed by atoms with Crippen molar-refractivity contribution in [2.45, 2.75) is 13.0 Å². The molecule has 1 heterocycles. The van der Waals surface area contributed by atoms with E-state index in [9.17, 15) is 0 Å². The van der Waals surface area contributed by atoms with E-state index in [1.165, 1.54) is 6.79 Å². The molecular formula is C4H7O2Y3-. The molecule has 45 valence electrons. The Bertz CT molecular complexity index is 47.1. The molecule has 1 fully saturated rings. The molecule has 0 aromatic rings. The molecule has 1 rings (SSSR count). The van der Waals surface area contributed by atoms with Gasteiger partial charge in [-0.05, 0) is 6.92 Å². The van der Waals surface area contributed by atoms with Crippen molar-refractivity contribution < 1.29 is 108 Å². The van der Waals surface area contributed by atoms with Gasteiger partial charge in [-0.15, -0.1) is 0 Å². The summed E-state index contributed by atoms with van der Waals surface area (Å²) in [6, 6.07) is 0. The molecule has 0 aromatic heterocycles. The van der Waals surface area contributed by atoms with E-state index in [2.05, 4.69) is 0 Å². The SMILES string of the molecule is CC1CO[CH-]O1.[Y].[Y].[Y]. The van der Waals surface area contributed by atoms with E-state index >= 15 is 0 Å². The van der Waals surface area contributed by atoms with Crippen molar-refractivity contribution in [3.05, 3.63) is 6.79 Å². The van der Waals surface area contributed by atoms with Gasteiger partial charge in [0.05, 0.1) is 0 Å². The van der Waals surface area contributed by atoms with Crippen LogP contribution in [0.4, 0.5) is 0 Å². The Balaban J connectivity index is -0.000000120. The van der Waals surface area contributed by atoms with Crippen LogP contribution in [0.25, 0.3) is 0 Å². The quantitative estimate of drug-likeness (QED) is 0.592. The first-order chi connectivity index (χ1) is 2.89. The first-order valence-electron chi connectivity index (χ1n) is 1.98. The fourth-order valence-electron chi connectivity index (χ4n) is 0.348. The van der Waals surface area contributed by atoms with E-state index in [0.717, 1.165) is 0 Å². The summed E-state index contributed by atoms with van der Waals surface area (Å²) in [6.45, 7) is 4.05. The Labute approximate surface area is 131 Å². The van der Waals surface area contributed by atoms with Crippen LogP contribution in [0.1, 0.15) is 6.92 Å². The minimum atomic E-state index is 0. The summed E-state index contributed by atoms with van der Waals surface area (Å²) >= 11 is 0. The predicted molar refractivity (Wildman–Crippen MR) is 20.8 cm³/mol. The van der Waals surface area contributed by atoms with Crippen molar-refractivity contribution in [3.8, 4) is 0 Å². The van der Waals surface area contributed by atoms with Gasteiger partial charge in [-0.3, -0.25) is 0 Å². The first kappa shape index (κ1) is 18.1. The predicted octanol–water partition coefficient (Wildman–Crippen LogP) is 0.533. The van der Waals surface area contributed by atoms with Crippen LogP contribution in [-0.4, -0.2) is 12.7 Å². The molecule has 0 aliphatic carbocycles. The fourth-order valence-corrected chi connectivity index (χ4v) is 0.348. The van der Waals surface area contributed by atoms with Crippen LogP contribution in [0.2, 0.25) is 0 Å². The van der Waals surface area contributed by atoms with E-state index in [4.69, 9.17) is 9.47 Å². The fraction of sp³-hybridized carbons (Fsp3) is 0.750. The Kier molecular flexibility index (Phi) is 22.6. The Morgan fingerprint density at radius 1 is 1.33 bits per heavy atom. The second-order valence-corrected chi connectivity index (χ2v) is 1.38. The Morgan fingerprint density at radius 2 is 1.89 bits per heavy atom. The molecule has 0 N–H and O–H groups in total. The zero-order valence-corrected chi connectivity index (χ0v) is 13.9. The summed E-state index contributed by atoms with van der Waals surface area (Å²) in [5.74, 6) is 0.